The van der Waals surface area contributed by atoms with Crippen LogP contribution < -0.4 is 16.0 Å². The molecule has 0 heterocycles. The molecule has 0 radical (unpaired) electrons. The molecule has 0 bridgehead atoms. The molecule has 25 heavy (non-hydrogen) atoms. The van der Waals surface area contributed by atoms with E-state index in [9.17, 15) is 27.6 Å². The number of benzene rings is 1. The molecular formula is C14H16ClF3N4O3. The molecule has 11 heteroatoms. The molecular weight excluding hydrogens is 365 g/mol. The van der Waals surface area contributed by atoms with Gasteiger partial charge in [0.1, 0.15) is 6.54 Å². The van der Waals surface area contributed by atoms with Crippen molar-refractivity contribution >= 4 is 35.1 Å². The van der Waals surface area contributed by atoms with E-state index in [1.54, 1.807) is 19.4 Å². The molecule has 1 aromatic carbocycles. The molecule has 138 valence electrons. The maximum absolute atomic E-state index is 12.0. The van der Waals surface area contributed by atoms with Crippen LogP contribution in [0, 0.1) is 0 Å². The van der Waals surface area contributed by atoms with Crippen molar-refractivity contribution in [1.82, 2.24) is 15.5 Å². The Labute approximate surface area is 146 Å². The highest BCUT2D eigenvalue weighted by Gasteiger charge is 2.28. The molecule has 7 nitrogen and oxygen atoms in total. The summed E-state index contributed by atoms with van der Waals surface area (Å²) < 4.78 is 35.9. The molecule has 1 rings (SSSR count). The van der Waals surface area contributed by atoms with Crippen molar-refractivity contribution in [2.45, 2.75) is 6.18 Å². The number of carbonyl (C=O) groups excluding carboxylic acids is 3. The Morgan fingerprint density at radius 3 is 2.40 bits per heavy atom. The second kappa shape index (κ2) is 8.56. The summed E-state index contributed by atoms with van der Waals surface area (Å²) in [5, 5.41) is 6.16. The van der Waals surface area contributed by atoms with Crippen LogP contribution >= 0.6 is 11.6 Å². The summed E-state index contributed by atoms with van der Waals surface area (Å²) in [7, 11) is 3.08. The monoisotopic (exact) mass is 380 g/mol. The van der Waals surface area contributed by atoms with E-state index in [-0.39, 0.29) is 17.2 Å². The van der Waals surface area contributed by atoms with Gasteiger partial charge in [0.25, 0.3) is 5.91 Å². The van der Waals surface area contributed by atoms with Gasteiger partial charge in [0.15, 0.2) is 0 Å². The minimum absolute atomic E-state index is 0.240. The normalized spacial score (nSPS) is 10.8. The van der Waals surface area contributed by atoms with Crippen molar-refractivity contribution in [3.05, 3.63) is 28.8 Å². The van der Waals surface area contributed by atoms with Gasteiger partial charge in [-0.1, -0.05) is 11.6 Å². The van der Waals surface area contributed by atoms with E-state index in [1.807, 2.05) is 0 Å². The topological polar surface area (TPSA) is 90.5 Å². The molecule has 1 aromatic rings. The van der Waals surface area contributed by atoms with Crippen LogP contribution in [0.15, 0.2) is 18.2 Å². The van der Waals surface area contributed by atoms with E-state index >= 15 is 0 Å². The lowest BCUT2D eigenvalue weighted by atomic mass is 10.1. The summed E-state index contributed by atoms with van der Waals surface area (Å²) in [6.45, 7) is -2.01. The molecule has 0 aromatic heterocycles. The standard InChI is InChI=1S/C14H16ClF3N4O3/c1-22(2)12(24)9-4-3-8(15)5-10(9)19-6-11(23)21-13(25)20-7-14(16,17)18/h3-5,19H,6-7H2,1-2H3,(H2,20,21,23,25). The van der Waals surface area contributed by atoms with E-state index in [0.717, 1.165) is 0 Å². The number of hydrogen-bond donors (Lipinski definition) is 3. The van der Waals surface area contributed by atoms with E-state index < -0.39 is 31.2 Å². The first-order valence-corrected chi connectivity index (χ1v) is 7.27. The number of alkyl halides is 3. The van der Waals surface area contributed by atoms with Gasteiger partial charge in [-0.15, -0.1) is 0 Å². The van der Waals surface area contributed by atoms with Crippen LogP contribution in [0.2, 0.25) is 5.02 Å². The minimum Gasteiger partial charge on any atom is -0.375 e. The number of halogens is 4. The van der Waals surface area contributed by atoms with Crippen LogP contribution in [0.4, 0.5) is 23.7 Å². The fraction of sp³-hybridized carbons (Fsp3) is 0.357. The summed E-state index contributed by atoms with van der Waals surface area (Å²) in [6.07, 6.45) is -4.58. The molecule has 3 N–H and O–H groups in total. The maximum Gasteiger partial charge on any atom is 0.405 e. The van der Waals surface area contributed by atoms with Gasteiger partial charge in [-0.05, 0) is 18.2 Å². The highest BCUT2D eigenvalue weighted by Crippen LogP contribution is 2.22. The van der Waals surface area contributed by atoms with Crippen molar-refractivity contribution in [3.8, 4) is 0 Å². The Hall–Kier alpha value is -2.49. The van der Waals surface area contributed by atoms with Gasteiger partial charge >= 0.3 is 12.2 Å². The highest BCUT2D eigenvalue weighted by molar-refractivity contribution is 6.31. The molecule has 0 saturated carbocycles. The van der Waals surface area contributed by atoms with Crippen LogP contribution in [-0.4, -0.2) is 56.1 Å². The van der Waals surface area contributed by atoms with Crippen molar-refractivity contribution in [2.24, 2.45) is 0 Å². The Balaban J connectivity index is 2.65. The number of nitrogens with zero attached hydrogens (tertiary/aromatic N) is 1. The number of carbonyl (C=O) groups is 3. The Morgan fingerprint density at radius 1 is 1.20 bits per heavy atom. The van der Waals surface area contributed by atoms with Crippen molar-refractivity contribution in [3.63, 3.8) is 0 Å². The molecule has 4 amide bonds. The SMILES string of the molecule is CN(C)C(=O)c1ccc(Cl)cc1NCC(=O)NC(=O)NCC(F)(F)F. The van der Waals surface area contributed by atoms with Gasteiger partial charge < -0.3 is 15.5 Å². The van der Waals surface area contributed by atoms with Gasteiger partial charge in [0.05, 0.1) is 12.1 Å². The fourth-order valence-corrected chi connectivity index (χ4v) is 1.83. The summed E-state index contributed by atoms with van der Waals surface area (Å²) >= 11 is 5.85. The van der Waals surface area contributed by atoms with Gasteiger partial charge in [-0.3, -0.25) is 14.9 Å². The van der Waals surface area contributed by atoms with Gasteiger partial charge in [0.2, 0.25) is 5.91 Å². The minimum atomic E-state index is -4.58. The van der Waals surface area contributed by atoms with Crippen molar-refractivity contribution in [2.75, 3.05) is 32.5 Å². The third-order valence-electron chi connectivity index (χ3n) is 2.76. The molecule has 0 atom stereocenters. The lowest BCUT2D eigenvalue weighted by molar-refractivity contribution is -0.124. The van der Waals surface area contributed by atoms with Crippen LogP contribution in [0.25, 0.3) is 0 Å². The highest BCUT2D eigenvalue weighted by atomic mass is 35.5. The smallest absolute Gasteiger partial charge is 0.375 e. The van der Waals surface area contributed by atoms with E-state index in [0.29, 0.717) is 5.02 Å². The number of nitrogens with one attached hydrogen (secondary N) is 3. The summed E-state index contributed by atoms with van der Waals surface area (Å²) in [5.41, 5.74) is 0.487. The zero-order valence-corrected chi connectivity index (χ0v) is 14.1. The third-order valence-corrected chi connectivity index (χ3v) is 3.00. The Kier molecular flexibility index (Phi) is 7.04. The molecule has 0 aliphatic heterocycles. The number of urea groups is 1. The zero-order valence-electron chi connectivity index (χ0n) is 13.3. The van der Waals surface area contributed by atoms with Crippen LogP contribution in [0.5, 0.6) is 0 Å². The van der Waals surface area contributed by atoms with E-state index in [2.05, 4.69) is 5.32 Å². The first-order chi connectivity index (χ1) is 11.5. The van der Waals surface area contributed by atoms with Gasteiger partial charge in [-0.2, -0.15) is 13.2 Å². The second-order valence-corrected chi connectivity index (χ2v) is 5.53. The molecule has 0 fully saturated rings. The van der Waals surface area contributed by atoms with Gasteiger partial charge in [-0.25, -0.2) is 4.79 Å². The van der Waals surface area contributed by atoms with Crippen molar-refractivity contribution < 1.29 is 27.6 Å². The molecule has 0 saturated heterocycles. The third kappa shape index (κ3) is 7.29. The first kappa shape index (κ1) is 20.6. The number of rotatable bonds is 5. The van der Waals surface area contributed by atoms with Crippen LogP contribution in [0.3, 0.4) is 0 Å². The molecule has 0 aliphatic carbocycles. The average molecular weight is 381 g/mol. The summed E-state index contributed by atoms with van der Waals surface area (Å²) in [5.74, 6) is -1.23. The number of imide groups is 1. The number of anilines is 1. The van der Waals surface area contributed by atoms with Crippen molar-refractivity contribution in [1.29, 1.82) is 0 Å². The Bertz CT molecular complexity index is 665. The average Bonchev–Trinajstić information content (AvgIpc) is 2.49. The predicted molar refractivity (Wildman–Crippen MR) is 85.6 cm³/mol. The van der Waals surface area contributed by atoms with Crippen LogP contribution in [0.1, 0.15) is 10.4 Å². The molecule has 0 aliphatic rings. The largest absolute Gasteiger partial charge is 0.405 e. The van der Waals surface area contributed by atoms with E-state index in [1.165, 1.54) is 28.4 Å². The Morgan fingerprint density at radius 2 is 1.84 bits per heavy atom. The quantitative estimate of drug-likeness (QED) is 0.727. The number of hydrogen-bond acceptors (Lipinski definition) is 4. The van der Waals surface area contributed by atoms with Gasteiger partial charge in [0, 0.05) is 24.8 Å². The lowest BCUT2D eigenvalue weighted by Gasteiger charge is -2.15. The van der Waals surface area contributed by atoms with Crippen LogP contribution in [-0.2, 0) is 4.79 Å². The predicted octanol–water partition coefficient (Wildman–Crippen LogP) is 1.84. The molecule has 0 unspecified atom stereocenters. The second-order valence-electron chi connectivity index (χ2n) is 5.09. The summed E-state index contributed by atoms with van der Waals surface area (Å²) in [4.78, 5) is 36.2. The zero-order chi connectivity index (χ0) is 19.2. The lowest BCUT2D eigenvalue weighted by Crippen LogP contribution is -2.45. The van der Waals surface area contributed by atoms with E-state index in [4.69, 9.17) is 11.6 Å². The summed E-state index contributed by atoms with van der Waals surface area (Å²) in [6, 6.07) is 3.09. The number of amides is 4. The first-order valence-electron chi connectivity index (χ1n) is 6.89. The fourth-order valence-electron chi connectivity index (χ4n) is 1.66. The molecule has 0 spiro atoms. The maximum atomic E-state index is 12.0.